The molecular weight excluding hydrogens is 418 g/mol. The Kier molecular flexibility index (Phi) is 6.84. The molecular formula is C25H29N5O3. The number of aromatic nitrogens is 3. The van der Waals surface area contributed by atoms with Gasteiger partial charge in [-0.3, -0.25) is 9.69 Å². The minimum atomic E-state index is -0.999. The molecule has 1 amide bonds. The van der Waals surface area contributed by atoms with Gasteiger partial charge in [-0.2, -0.15) is 0 Å². The van der Waals surface area contributed by atoms with E-state index in [-0.39, 0.29) is 11.5 Å². The third-order valence-corrected chi connectivity index (χ3v) is 6.18. The van der Waals surface area contributed by atoms with E-state index in [2.05, 4.69) is 41.2 Å². The van der Waals surface area contributed by atoms with Crippen molar-refractivity contribution in [1.29, 1.82) is 0 Å². The standard InChI is InChI=1S/C25H29N5O3/c1-18-8-9-20(14-19(18)2)15-24(31)29-11-5-10-28(12-13-29)16-21-17-30(27-26-21)23-7-4-3-6-22(23)25(32)33/h3-4,6-9,14,17H,5,10-13,15-16H2,1-2H3,(H,32,33). The Labute approximate surface area is 193 Å². The first kappa shape index (κ1) is 22.7. The van der Waals surface area contributed by atoms with E-state index in [1.807, 2.05) is 11.0 Å². The zero-order valence-corrected chi connectivity index (χ0v) is 19.1. The molecule has 1 aromatic heterocycles. The van der Waals surface area contributed by atoms with Crippen molar-refractivity contribution in [3.05, 3.63) is 76.6 Å². The predicted octanol–water partition coefficient (Wildman–Crippen LogP) is 2.86. The summed E-state index contributed by atoms with van der Waals surface area (Å²) < 4.78 is 1.51. The molecule has 1 N–H and O–H groups in total. The number of amides is 1. The van der Waals surface area contributed by atoms with Gasteiger partial charge in [-0.15, -0.1) is 5.10 Å². The quantitative estimate of drug-likeness (QED) is 0.625. The molecule has 1 saturated heterocycles. The summed E-state index contributed by atoms with van der Waals surface area (Å²) in [6.45, 7) is 7.81. The molecule has 1 fully saturated rings. The molecule has 0 atom stereocenters. The number of hydrogen-bond donors (Lipinski definition) is 1. The van der Waals surface area contributed by atoms with Crippen LogP contribution in [-0.4, -0.2) is 68.0 Å². The van der Waals surface area contributed by atoms with Crippen molar-refractivity contribution in [2.24, 2.45) is 0 Å². The summed E-state index contributed by atoms with van der Waals surface area (Å²) in [5.74, 6) is -0.836. The van der Waals surface area contributed by atoms with Crippen molar-refractivity contribution >= 4 is 11.9 Å². The van der Waals surface area contributed by atoms with Crippen molar-refractivity contribution in [3.63, 3.8) is 0 Å². The second-order valence-corrected chi connectivity index (χ2v) is 8.58. The lowest BCUT2D eigenvalue weighted by Gasteiger charge is -2.21. The summed E-state index contributed by atoms with van der Waals surface area (Å²) in [6, 6.07) is 12.9. The van der Waals surface area contributed by atoms with Crippen LogP contribution in [0.15, 0.2) is 48.7 Å². The van der Waals surface area contributed by atoms with E-state index in [1.165, 1.54) is 15.8 Å². The van der Waals surface area contributed by atoms with E-state index >= 15 is 0 Å². The summed E-state index contributed by atoms with van der Waals surface area (Å²) >= 11 is 0. The van der Waals surface area contributed by atoms with Crippen molar-refractivity contribution in [3.8, 4) is 5.69 Å². The van der Waals surface area contributed by atoms with E-state index in [9.17, 15) is 14.7 Å². The summed E-state index contributed by atoms with van der Waals surface area (Å²) in [7, 11) is 0. The Hall–Kier alpha value is -3.52. The molecule has 0 bridgehead atoms. The summed E-state index contributed by atoms with van der Waals surface area (Å²) in [6.07, 6.45) is 3.10. The van der Waals surface area contributed by atoms with Gasteiger partial charge in [0.25, 0.3) is 0 Å². The van der Waals surface area contributed by atoms with Gasteiger partial charge in [0.15, 0.2) is 0 Å². The lowest BCUT2D eigenvalue weighted by atomic mass is 10.0. The minimum Gasteiger partial charge on any atom is -0.478 e. The van der Waals surface area contributed by atoms with Crippen LogP contribution in [0.25, 0.3) is 5.69 Å². The van der Waals surface area contributed by atoms with Crippen LogP contribution in [0.2, 0.25) is 0 Å². The molecule has 33 heavy (non-hydrogen) atoms. The van der Waals surface area contributed by atoms with Crippen LogP contribution in [0.3, 0.4) is 0 Å². The molecule has 4 rings (SSSR count). The number of aromatic carboxylic acids is 1. The smallest absolute Gasteiger partial charge is 0.337 e. The first-order valence-corrected chi connectivity index (χ1v) is 11.2. The van der Waals surface area contributed by atoms with Crippen LogP contribution in [-0.2, 0) is 17.8 Å². The number of benzene rings is 2. The van der Waals surface area contributed by atoms with Crippen LogP contribution in [0.5, 0.6) is 0 Å². The van der Waals surface area contributed by atoms with E-state index in [0.29, 0.717) is 25.2 Å². The van der Waals surface area contributed by atoms with Gasteiger partial charge in [0.1, 0.15) is 0 Å². The van der Waals surface area contributed by atoms with E-state index in [4.69, 9.17) is 0 Å². The molecule has 0 radical (unpaired) electrons. The SMILES string of the molecule is Cc1ccc(CC(=O)N2CCCN(Cc3cn(-c4ccccc4C(=O)O)nn3)CC2)cc1C. The van der Waals surface area contributed by atoms with Crippen LogP contribution in [0, 0.1) is 13.8 Å². The van der Waals surface area contributed by atoms with Gasteiger partial charge in [-0.25, -0.2) is 9.48 Å². The van der Waals surface area contributed by atoms with E-state index in [0.717, 1.165) is 37.3 Å². The van der Waals surface area contributed by atoms with Crippen LogP contribution >= 0.6 is 0 Å². The lowest BCUT2D eigenvalue weighted by molar-refractivity contribution is -0.130. The number of carbonyl (C=O) groups excluding carboxylic acids is 1. The Balaban J connectivity index is 1.36. The number of rotatable bonds is 6. The summed E-state index contributed by atoms with van der Waals surface area (Å²) in [5.41, 5.74) is 4.94. The predicted molar refractivity (Wildman–Crippen MR) is 124 cm³/mol. The van der Waals surface area contributed by atoms with E-state index < -0.39 is 5.97 Å². The molecule has 2 heterocycles. The number of nitrogens with zero attached hydrogens (tertiary/aromatic N) is 5. The third kappa shape index (κ3) is 5.46. The zero-order valence-electron chi connectivity index (χ0n) is 19.1. The minimum absolute atomic E-state index is 0.163. The fraction of sp³-hybridized carbons (Fsp3) is 0.360. The highest BCUT2D eigenvalue weighted by Crippen LogP contribution is 2.16. The number of carbonyl (C=O) groups is 2. The monoisotopic (exact) mass is 447 g/mol. The topological polar surface area (TPSA) is 91.6 Å². The molecule has 172 valence electrons. The van der Waals surface area contributed by atoms with Gasteiger partial charge < -0.3 is 10.0 Å². The second-order valence-electron chi connectivity index (χ2n) is 8.58. The molecule has 1 aliphatic rings. The third-order valence-electron chi connectivity index (χ3n) is 6.18. The average Bonchev–Trinajstić information content (AvgIpc) is 3.13. The van der Waals surface area contributed by atoms with Gasteiger partial charge >= 0.3 is 5.97 Å². The van der Waals surface area contributed by atoms with Crippen LogP contribution < -0.4 is 0 Å². The largest absolute Gasteiger partial charge is 0.478 e. The van der Waals surface area contributed by atoms with Gasteiger partial charge in [-0.1, -0.05) is 35.5 Å². The highest BCUT2D eigenvalue weighted by molar-refractivity contribution is 5.91. The average molecular weight is 448 g/mol. The molecule has 3 aromatic rings. The number of carboxylic acid groups (broad SMARTS) is 1. The highest BCUT2D eigenvalue weighted by atomic mass is 16.4. The number of carboxylic acids is 1. The van der Waals surface area contributed by atoms with Crippen LogP contribution in [0.4, 0.5) is 0 Å². The van der Waals surface area contributed by atoms with Crippen molar-refractivity contribution in [2.45, 2.75) is 33.2 Å². The molecule has 8 nitrogen and oxygen atoms in total. The maximum atomic E-state index is 12.9. The normalized spacial score (nSPS) is 14.8. The fourth-order valence-electron chi connectivity index (χ4n) is 4.15. The Bertz CT molecular complexity index is 1160. The summed E-state index contributed by atoms with van der Waals surface area (Å²) in [5, 5.41) is 17.8. The summed E-state index contributed by atoms with van der Waals surface area (Å²) in [4.78, 5) is 28.6. The van der Waals surface area contributed by atoms with Gasteiger partial charge in [0.2, 0.25) is 5.91 Å². The second kappa shape index (κ2) is 9.95. The highest BCUT2D eigenvalue weighted by Gasteiger charge is 2.21. The maximum absolute atomic E-state index is 12.9. The van der Waals surface area contributed by atoms with E-state index in [1.54, 1.807) is 30.5 Å². The molecule has 0 saturated carbocycles. The molecule has 1 aliphatic heterocycles. The van der Waals surface area contributed by atoms with Crippen LogP contribution in [0.1, 0.15) is 39.2 Å². The Morgan fingerprint density at radius 1 is 1.00 bits per heavy atom. The number of hydrogen-bond acceptors (Lipinski definition) is 5. The molecule has 0 unspecified atom stereocenters. The fourth-order valence-corrected chi connectivity index (χ4v) is 4.15. The molecule has 2 aromatic carbocycles. The first-order valence-electron chi connectivity index (χ1n) is 11.2. The first-order chi connectivity index (χ1) is 15.9. The number of aryl methyl sites for hydroxylation is 2. The Morgan fingerprint density at radius 3 is 2.61 bits per heavy atom. The Morgan fingerprint density at radius 2 is 1.82 bits per heavy atom. The molecule has 0 spiro atoms. The maximum Gasteiger partial charge on any atom is 0.337 e. The zero-order chi connectivity index (χ0) is 23.4. The lowest BCUT2D eigenvalue weighted by Crippen LogP contribution is -2.36. The number of para-hydroxylation sites is 1. The van der Waals surface area contributed by atoms with Crippen molar-refractivity contribution in [2.75, 3.05) is 26.2 Å². The van der Waals surface area contributed by atoms with Gasteiger partial charge in [-0.05, 0) is 49.1 Å². The molecule has 8 heteroatoms. The van der Waals surface area contributed by atoms with Gasteiger partial charge in [0, 0.05) is 32.7 Å². The molecule has 0 aliphatic carbocycles. The van der Waals surface area contributed by atoms with Crippen molar-refractivity contribution in [1.82, 2.24) is 24.8 Å². The van der Waals surface area contributed by atoms with Gasteiger partial charge in [0.05, 0.1) is 29.6 Å². The van der Waals surface area contributed by atoms with Crippen molar-refractivity contribution < 1.29 is 14.7 Å².